The lowest BCUT2D eigenvalue weighted by Gasteiger charge is -2.07. The van der Waals surface area contributed by atoms with Crippen molar-refractivity contribution in [2.24, 2.45) is 0 Å². The van der Waals surface area contributed by atoms with Crippen molar-refractivity contribution in [2.45, 2.75) is 19.7 Å². The Hall–Kier alpha value is -3.52. The number of ether oxygens (including phenoxy) is 2. The van der Waals surface area contributed by atoms with Crippen LogP contribution in [-0.2, 0) is 22.3 Å². The van der Waals surface area contributed by atoms with Gasteiger partial charge in [-0.15, -0.1) is 11.3 Å². The third-order valence-corrected chi connectivity index (χ3v) is 5.96. The van der Waals surface area contributed by atoms with Gasteiger partial charge in [0.25, 0.3) is 0 Å². The lowest BCUT2D eigenvalue weighted by Crippen LogP contribution is -2.03. The van der Waals surface area contributed by atoms with Gasteiger partial charge in [0.15, 0.2) is 0 Å². The molecule has 2 aromatic carbocycles. The van der Waals surface area contributed by atoms with Crippen LogP contribution in [0.2, 0.25) is 0 Å². The Morgan fingerprint density at radius 1 is 1.09 bits per heavy atom. The highest BCUT2D eigenvalue weighted by Crippen LogP contribution is 2.43. The van der Waals surface area contributed by atoms with Crippen LogP contribution >= 0.6 is 11.3 Å². The summed E-state index contributed by atoms with van der Waals surface area (Å²) in [5.74, 6) is 0.106. The van der Waals surface area contributed by atoms with E-state index in [2.05, 4.69) is 4.98 Å². The highest BCUT2D eigenvalue weighted by Gasteiger charge is 2.36. The molecule has 2 aromatic heterocycles. The van der Waals surface area contributed by atoms with Crippen molar-refractivity contribution >= 4 is 34.3 Å². The number of carbonyl (C=O) groups excluding carboxylic acids is 1. The van der Waals surface area contributed by atoms with E-state index in [-0.39, 0.29) is 12.2 Å². The van der Waals surface area contributed by atoms with Gasteiger partial charge in [-0.05, 0) is 48.9 Å². The van der Waals surface area contributed by atoms with Gasteiger partial charge in [-0.3, -0.25) is 0 Å². The van der Waals surface area contributed by atoms with Crippen LogP contribution in [0.4, 0.5) is 13.2 Å². The maximum atomic E-state index is 13.6. The summed E-state index contributed by atoms with van der Waals surface area (Å²) >= 11 is 0.692. The normalized spacial score (nSPS) is 11.9. The van der Waals surface area contributed by atoms with Gasteiger partial charge in [0.1, 0.15) is 17.2 Å². The summed E-state index contributed by atoms with van der Waals surface area (Å²) in [4.78, 5) is 14.5. The number of nitrogens with one attached hydrogen (secondary N) is 1. The standard InChI is InChI=1S/C25H20F3NO3S/c1-2-31-23(30)11-8-18-12-17-13-19(9-10-22(17)29-18)32-15-20-14-21(16-6-4-3-5-7-16)24(33-20)25(26,27)28/h3-14,29H,2,15H2,1H3/b11-8+. The molecule has 0 aliphatic carbocycles. The fourth-order valence-electron chi connectivity index (χ4n) is 3.37. The molecule has 0 aliphatic heterocycles. The molecule has 0 saturated carbocycles. The number of fused-ring (bicyclic) bond motifs is 1. The fraction of sp³-hybridized carbons (Fsp3) is 0.160. The summed E-state index contributed by atoms with van der Waals surface area (Å²) in [6, 6.07) is 17.3. The van der Waals surface area contributed by atoms with Gasteiger partial charge in [0, 0.05) is 33.1 Å². The van der Waals surface area contributed by atoms with Gasteiger partial charge in [-0.25, -0.2) is 4.79 Å². The van der Waals surface area contributed by atoms with Crippen LogP contribution in [-0.4, -0.2) is 17.6 Å². The number of hydrogen-bond donors (Lipinski definition) is 1. The Balaban J connectivity index is 1.51. The number of halogens is 3. The quantitative estimate of drug-likeness (QED) is 0.232. The number of carbonyl (C=O) groups is 1. The predicted octanol–water partition coefficient (Wildman–Crippen LogP) is 7.07. The highest BCUT2D eigenvalue weighted by molar-refractivity contribution is 7.12. The zero-order valence-electron chi connectivity index (χ0n) is 17.6. The minimum Gasteiger partial charge on any atom is -0.488 e. The van der Waals surface area contributed by atoms with E-state index in [1.54, 1.807) is 55.5 Å². The number of alkyl halides is 3. The van der Waals surface area contributed by atoms with Crippen molar-refractivity contribution < 1.29 is 27.4 Å². The lowest BCUT2D eigenvalue weighted by molar-refractivity contribution is -0.137. The fourth-order valence-corrected chi connectivity index (χ4v) is 4.33. The molecule has 0 spiro atoms. The van der Waals surface area contributed by atoms with Gasteiger partial charge in [0.05, 0.1) is 6.61 Å². The maximum Gasteiger partial charge on any atom is 0.426 e. The summed E-state index contributed by atoms with van der Waals surface area (Å²) in [5, 5.41) is 0.850. The zero-order chi connectivity index (χ0) is 23.4. The Bertz CT molecular complexity index is 1290. The number of hydrogen-bond acceptors (Lipinski definition) is 4. The summed E-state index contributed by atoms with van der Waals surface area (Å²) in [7, 11) is 0. The number of esters is 1. The molecular formula is C25H20F3NO3S. The van der Waals surface area contributed by atoms with Gasteiger partial charge in [-0.1, -0.05) is 30.3 Å². The van der Waals surface area contributed by atoms with E-state index in [0.29, 0.717) is 34.1 Å². The molecule has 1 N–H and O–H groups in total. The molecule has 0 saturated heterocycles. The second-order valence-electron chi connectivity index (χ2n) is 7.17. The molecule has 0 unspecified atom stereocenters. The highest BCUT2D eigenvalue weighted by atomic mass is 32.1. The summed E-state index contributed by atoms with van der Waals surface area (Å²) in [6.07, 6.45) is -1.48. The van der Waals surface area contributed by atoms with Gasteiger partial charge in [0.2, 0.25) is 0 Å². The van der Waals surface area contributed by atoms with Gasteiger partial charge < -0.3 is 14.5 Å². The molecule has 0 amide bonds. The topological polar surface area (TPSA) is 51.3 Å². The van der Waals surface area contributed by atoms with Gasteiger partial charge >= 0.3 is 12.1 Å². The summed E-state index contributed by atoms with van der Waals surface area (Å²) < 4.78 is 51.4. The molecule has 4 nitrogen and oxygen atoms in total. The summed E-state index contributed by atoms with van der Waals surface area (Å²) in [6.45, 7) is 2.06. The average Bonchev–Trinajstić information content (AvgIpc) is 3.41. The first-order chi connectivity index (χ1) is 15.8. The van der Waals surface area contributed by atoms with Crippen molar-refractivity contribution in [3.8, 4) is 16.9 Å². The molecule has 0 atom stereocenters. The molecular weight excluding hydrogens is 451 g/mol. The second kappa shape index (κ2) is 9.54. The van der Waals surface area contributed by atoms with E-state index in [0.717, 1.165) is 16.6 Å². The Morgan fingerprint density at radius 3 is 2.61 bits per heavy atom. The first-order valence-corrected chi connectivity index (χ1v) is 11.0. The lowest BCUT2D eigenvalue weighted by atomic mass is 10.1. The third kappa shape index (κ3) is 5.46. The number of aromatic amines is 1. The van der Waals surface area contributed by atoms with Crippen LogP contribution in [0.5, 0.6) is 5.75 Å². The smallest absolute Gasteiger partial charge is 0.426 e. The van der Waals surface area contributed by atoms with E-state index in [1.165, 1.54) is 12.1 Å². The Labute approximate surface area is 192 Å². The van der Waals surface area contributed by atoms with Crippen molar-refractivity contribution in [3.63, 3.8) is 0 Å². The van der Waals surface area contributed by atoms with Crippen LogP contribution < -0.4 is 4.74 Å². The minimum atomic E-state index is -4.44. The van der Waals surface area contributed by atoms with E-state index >= 15 is 0 Å². The second-order valence-corrected chi connectivity index (χ2v) is 8.30. The van der Waals surface area contributed by atoms with Gasteiger partial charge in [-0.2, -0.15) is 13.2 Å². The van der Waals surface area contributed by atoms with Crippen LogP contribution in [0.3, 0.4) is 0 Å². The van der Waals surface area contributed by atoms with E-state index in [1.807, 2.05) is 12.1 Å². The largest absolute Gasteiger partial charge is 0.488 e. The third-order valence-electron chi connectivity index (χ3n) is 4.81. The molecule has 0 bridgehead atoms. The number of H-pyrrole nitrogens is 1. The van der Waals surface area contributed by atoms with E-state index < -0.39 is 17.0 Å². The molecule has 170 valence electrons. The molecule has 8 heteroatoms. The molecule has 4 aromatic rings. The number of benzene rings is 2. The van der Waals surface area contributed by atoms with Crippen LogP contribution in [0.15, 0.2) is 66.7 Å². The van der Waals surface area contributed by atoms with Crippen molar-refractivity contribution in [2.75, 3.05) is 6.61 Å². The van der Waals surface area contributed by atoms with Crippen LogP contribution in [0, 0.1) is 0 Å². The number of thiophene rings is 1. The van der Waals surface area contributed by atoms with E-state index in [9.17, 15) is 18.0 Å². The molecule has 2 heterocycles. The maximum absolute atomic E-state index is 13.6. The first kappa shape index (κ1) is 22.7. The van der Waals surface area contributed by atoms with Crippen molar-refractivity contribution in [1.29, 1.82) is 0 Å². The molecule has 0 fully saturated rings. The SMILES string of the molecule is CCOC(=O)/C=C/c1cc2cc(OCc3cc(-c4ccccc4)c(C(F)(F)F)s3)ccc2[nH]1. The number of rotatable bonds is 7. The Morgan fingerprint density at radius 2 is 1.88 bits per heavy atom. The molecule has 0 radical (unpaired) electrons. The van der Waals surface area contributed by atoms with Crippen molar-refractivity contribution in [1.82, 2.24) is 4.98 Å². The zero-order valence-corrected chi connectivity index (χ0v) is 18.4. The average molecular weight is 472 g/mol. The summed E-state index contributed by atoms with van der Waals surface area (Å²) in [5.41, 5.74) is 2.23. The molecule has 4 rings (SSSR count). The first-order valence-electron chi connectivity index (χ1n) is 10.2. The Kier molecular flexibility index (Phi) is 6.55. The number of aromatic nitrogens is 1. The molecule has 33 heavy (non-hydrogen) atoms. The predicted molar refractivity (Wildman–Crippen MR) is 123 cm³/mol. The molecule has 0 aliphatic rings. The monoisotopic (exact) mass is 471 g/mol. The van der Waals surface area contributed by atoms with Crippen LogP contribution in [0.25, 0.3) is 28.1 Å². The van der Waals surface area contributed by atoms with E-state index in [4.69, 9.17) is 9.47 Å². The minimum absolute atomic E-state index is 0.0200. The van der Waals surface area contributed by atoms with Crippen molar-refractivity contribution in [3.05, 3.63) is 82.2 Å². The van der Waals surface area contributed by atoms with Crippen LogP contribution in [0.1, 0.15) is 22.4 Å².